The fourth-order valence-electron chi connectivity index (χ4n) is 2.78. The summed E-state index contributed by atoms with van der Waals surface area (Å²) < 4.78 is 16.2. The molecule has 8 heteroatoms. The molecule has 2 amide bonds. The molecular formula is C20H19ClN2O5. The van der Waals surface area contributed by atoms with Gasteiger partial charge in [-0.2, -0.15) is 0 Å². The number of hydrogen-bond acceptors (Lipinski definition) is 5. The van der Waals surface area contributed by atoms with Crippen molar-refractivity contribution >= 4 is 40.1 Å². The molecule has 0 spiro atoms. The SMILES string of the molecule is COc1ccc(CNC(=O)c2oc3ccc(Cl)cc3c2NC(C)=O)c(OC)c1. The van der Waals surface area contributed by atoms with Crippen molar-refractivity contribution in [2.45, 2.75) is 13.5 Å². The lowest BCUT2D eigenvalue weighted by atomic mass is 10.1. The second-order valence-electron chi connectivity index (χ2n) is 5.99. The van der Waals surface area contributed by atoms with Gasteiger partial charge in [-0.05, 0) is 30.3 Å². The van der Waals surface area contributed by atoms with Gasteiger partial charge < -0.3 is 24.5 Å². The summed E-state index contributed by atoms with van der Waals surface area (Å²) in [6, 6.07) is 10.2. The number of furan rings is 1. The van der Waals surface area contributed by atoms with E-state index in [4.69, 9.17) is 25.5 Å². The van der Waals surface area contributed by atoms with Crippen LogP contribution >= 0.6 is 11.6 Å². The Hall–Kier alpha value is -3.19. The molecule has 3 aromatic rings. The molecule has 0 bridgehead atoms. The zero-order valence-corrected chi connectivity index (χ0v) is 16.3. The summed E-state index contributed by atoms with van der Waals surface area (Å²) in [4.78, 5) is 24.3. The van der Waals surface area contributed by atoms with E-state index in [0.29, 0.717) is 27.5 Å². The van der Waals surface area contributed by atoms with E-state index in [1.54, 1.807) is 43.5 Å². The van der Waals surface area contributed by atoms with Crippen LogP contribution in [0.5, 0.6) is 11.5 Å². The molecule has 146 valence electrons. The van der Waals surface area contributed by atoms with Gasteiger partial charge in [-0.1, -0.05) is 11.6 Å². The monoisotopic (exact) mass is 402 g/mol. The van der Waals surface area contributed by atoms with Crippen LogP contribution in [0.1, 0.15) is 23.0 Å². The summed E-state index contributed by atoms with van der Waals surface area (Å²) in [5.41, 5.74) is 1.49. The van der Waals surface area contributed by atoms with Gasteiger partial charge in [-0.25, -0.2) is 0 Å². The lowest BCUT2D eigenvalue weighted by Crippen LogP contribution is -2.24. The first kappa shape index (κ1) is 19.6. The molecule has 1 heterocycles. The molecule has 0 unspecified atom stereocenters. The molecule has 1 aromatic heterocycles. The number of hydrogen-bond donors (Lipinski definition) is 2. The number of rotatable bonds is 6. The van der Waals surface area contributed by atoms with E-state index in [1.165, 1.54) is 14.0 Å². The summed E-state index contributed by atoms with van der Waals surface area (Å²) in [6.45, 7) is 1.55. The third-order valence-corrected chi connectivity index (χ3v) is 4.33. The highest BCUT2D eigenvalue weighted by Crippen LogP contribution is 2.33. The summed E-state index contributed by atoms with van der Waals surface area (Å²) in [5.74, 6) is 0.426. The summed E-state index contributed by atoms with van der Waals surface area (Å²) in [7, 11) is 3.10. The molecule has 0 saturated heterocycles. The molecule has 0 fully saturated rings. The van der Waals surface area contributed by atoms with Crippen molar-refractivity contribution in [3.8, 4) is 11.5 Å². The fraction of sp³-hybridized carbons (Fsp3) is 0.200. The summed E-state index contributed by atoms with van der Waals surface area (Å²) in [5, 5.41) is 6.44. The Kier molecular flexibility index (Phi) is 5.75. The molecule has 0 saturated carbocycles. The Balaban J connectivity index is 1.88. The van der Waals surface area contributed by atoms with Crippen molar-refractivity contribution in [1.29, 1.82) is 0 Å². The van der Waals surface area contributed by atoms with E-state index in [-0.39, 0.29) is 23.9 Å². The number of amides is 2. The highest BCUT2D eigenvalue weighted by molar-refractivity contribution is 6.31. The molecule has 0 aliphatic heterocycles. The van der Waals surface area contributed by atoms with Crippen molar-refractivity contribution in [2.75, 3.05) is 19.5 Å². The molecular weight excluding hydrogens is 384 g/mol. The lowest BCUT2D eigenvalue weighted by Gasteiger charge is -2.11. The normalized spacial score (nSPS) is 10.6. The number of benzene rings is 2. The number of halogens is 1. The standard InChI is InChI=1S/C20H19ClN2O5/c1-11(24)23-18-15-8-13(21)5-7-16(15)28-19(18)20(25)22-10-12-4-6-14(26-2)9-17(12)27-3/h4-9H,10H2,1-3H3,(H,22,25)(H,23,24). The van der Waals surface area contributed by atoms with Crippen LogP contribution < -0.4 is 20.1 Å². The highest BCUT2D eigenvalue weighted by Gasteiger charge is 2.22. The molecule has 0 radical (unpaired) electrons. The number of carbonyl (C=O) groups is 2. The molecule has 28 heavy (non-hydrogen) atoms. The largest absolute Gasteiger partial charge is 0.497 e. The minimum absolute atomic E-state index is 0.0000508. The van der Waals surface area contributed by atoms with Crippen LogP contribution in [-0.4, -0.2) is 26.0 Å². The van der Waals surface area contributed by atoms with Crippen molar-refractivity contribution in [1.82, 2.24) is 5.32 Å². The number of nitrogens with one attached hydrogen (secondary N) is 2. The Morgan fingerprint density at radius 1 is 1.11 bits per heavy atom. The zero-order chi connectivity index (χ0) is 20.3. The summed E-state index contributed by atoms with van der Waals surface area (Å²) in [6.07, 6.45) is 0. The molecule has 0 aliphatic rings. The van der Waals surface area contributed by atoms with Crippen LogP contribution in [0.3, 0.4) is 0 Å². The topological polar surface area (TPSA) is 89.8 Å². The molecule has 2 aromatic carbocycles. The van der Waals surface area contributed by atoms with E-state index in [2.05, 4.69) is 10.6 Å². The van der Waals surface area contributed by atoms with Gasteiger partial charge in [0, 0.05) is 35.5 Å². The minimum Gasteiger partial charge on any atom is -0.497 e. The fourth-order valence-corrected chi connectivity index (χ4v) is 2.96. The maximum atomic E-state index is 12.7. The average molecular weight is 403 g/mol. The number of ether oxygens (including phenoxy) is 2. The van der Waals surface area contributed by atoms with Crippen LogP contribution in [0.2, 0.25) is 5.02 Å². The van der Waals surface area contributed by atoms with Crippen LogP contribution in [0.4, 0.5) is 5.69 Å². The third kappa shape index (κ3) is 4.04. The van der Waals surface area contributed by atoms with E-state index < -0.39 is 5.91 Å². The first-order valence-electron chi connectivity index (χ1n) is 8.41. The van der Waals surface area contributed by atoms with Gasteiger partial charge in [0.05, 0.1) is 14.2 Å². The predicted molar refractivity (Wildman–Crippen MR) is 106 cm³/mol. The predicted octanol–water partition coefficient (Wildman–Crippen LogP) is 3.99. The quantitative estimate of drug-likeness (QED) is 0.650. The number of carbonyl (C=O) groups excluding carboxylic acids is 2. The van der Waals surface area contributed by atoms with Crippen LogP contribution in [0.15, 0.2) is 40.8 Å². The second-order valence-corrected chi connectivity index (χ2v) is 6.42. The smallest absolute Gasteiger partial charge is 0.289 e. The highest BCUT2D eigenvalue weighted by atomic mass is 35.5. The zero-order valence-electron chi connectivity index (χ0n) is 15.6. The van der Waals surface area contributed by atoms with E-state index in [9.17, 15) is 9.59 Å². The Morgan fingerprint density at radius 3 is 2.57 bits per heavy atom. The van der Waals surface area contributed by atoms with Crippen LogP contribution in [0.25, 0.3) is 11.0 Å². The van der Waals surface area contributed by atoms with Gasteiger partial charge in [0.2, 0.25) is 11.7 Å². The van der Waals surface area contributed by atoms with E-state index >= 15 is 0 Å². The van der Waals surface area contributed by atoms with Crippen LogP contribution in [-0.2, 0) is 11.3 Å². The minimum atomic E-state index is -0.478. The van der Waals surface area contributed by atoms with Gasteiger partial charge in [0.25, 0.3) is 5.91 Å². The molecule has 3 rings (SSSR count). The van der Waals surface area contributed by atoms with Crippen molar-refractivity contribution in [2.24, 2.45) is 0 Å². The van der Waals surface area contributed by atoms with Gasteiger partial charge in [-0.3, -0.25) is 9.59 Å². The van der Waals surface area contributed by atoms with Gasteiger partial charge >= 0.3 is 0 Å². The third-order valence-electron chi connectivity index (χ3n) is 4.09. The molecule has 0 atom stereocenters. The Labute approximate surface area is 166 Å². The number of methoxy groups -OCH3 is 2. The van der Waals surface area contributed by atoms with Crippen molar-refractivity contribution < 1.29 is 23.5 Å². The number of anilines is 1. The molecule has 0 aliphatic carbocycles. The van der Waals surface area contributed by atoms with Gasteiger partial charge in [-0.15, -0.1) is 0 Å². The Bertz CT molecular complexity index is 1040. The maximum Gasteiger partial charge on any atom is 0.289 e. The first-order valence-corrected chi connectivity index (χ1v) is 8.79. The second kappa shape index (κ2) is 8.22. The summed E-state index contributed by atoms with van der Waals surface area (Å²) >= 11 is 6.04. The molecule has 2 N–H and O–H groups in total. The molecule has 7 nitrogen and oxygen atoms in total. The first-order chi connectivity index (χ1) is 13.4. The average Bonchev–Trinajstić information content (AvgIpc) is 3.03. The lowest BCUT2D eigenvalue weighted by molar-refractivity contribution is -0.114. The van der Waals surface area contributed by atoms with Crippen molar-refractivity contribution in [3.63, 3.8) is 0 Å². The number of fused-ring (bicyclic) bond motifs is 1. The Morgan fingerprint density at radius 2 is 1.89 bits per heavy atom. The van der Waals surface area contributed by atoms with E-state index in [0.717, 1.165) is 5.56 Å². The van der Waals surface area contributed by atoms with Gasteiger partial charge in [0.1, 0.15) is 22.8 Å². The maximum absolute atomic E-state index is 12.7. The van der Waals surface area contributed by atoms with Crippen molar-refractivity contribution in [3.05, 3.63) is 52.7 Å². The van der Waals surface area contributed by atoms with E-state index in [1.807, 2.05) is 0 Å². The van der Waals surface area contributed by atoms with Crippen LogP contribution in [0, 0.1) is 0 Å². The van der Waals surface area contributed by atoms with Gasteiger partial charge in [0.15, 0.2) is 0 Å².